The number of hydrogen-bond acceptors (Lipinski definition) is 2. The molecule has 0 saturated heterocycles. The molecule has 0 rings (SSSR count). The second kappa shape index (κ2) is 4.81. The SMILES string of the molecule is CC(C)(C)C(CCOC=O)C(C)(C)C. The molecule has 0 fully saturated rings. The third-order valence-electron chi connectivity index (χ3n) is 2.68. The lowest BCUT2D eigenvalue weighted by atomic mass is 9.65. The summed E-state index contributed by atoms with van der Waals surface area (Å²) in [6, 6.07) is 0. The molecule has 0 aromatic heterocycles. The molecule has 0 aliphatic heterocycles. The molecule has 0 saturated carbocycles. The van der Waals surface area contributed by atoms with Crippen LogP contribution >= 0.6 is 0 Å². The van der Waals surface area contributed by atoms with Crippen molar-refractivity contribution in [2.75, 3.05) is 6.61 Å². The van der Waals surface area contributed by atoms with E-state index in [0.29, 0.717) is 19.0 Å². The van der Waals surface area contributed by atoms with Gasteiger partial charge in [0.15, 0.2) is 0 Å². The van der Waals surface area contributed by atoms with Crippen molar-refractivity contribution < 1.29 is 9.53 Å². The van der Waals surface area contributed by atoms with Gasteiger partial charge in [-0.25, -0.2) is 0 Å². The molecule has 0 heterocycles. The van der Waals surface area contributed by atoms with Crippen LogP contribution in [0.3, 0.4) is 0 Å². The smallest absolute Gasteiger partial charge is 0.293 e. The zero-order valence-electron chi connectivity index (χ0n) is 10.4. The Balaban J connectivity index is 4.35. The second-order valence-electron chi connectivity index (χ2n) is 6.04. The van der Waals surface area contributed by atoms with Gasteiger partial charge in [-0.05, 0) is 23.2 Å². The standard InChI is InChI=1S/C12H24O2/c1-11(2,3)10(12(4,5)6)7-8-14-9-13/h9-10H,7-8H2,1-6H3. The van der Waals surface area contributed by atoms with Gasteiger partial charge in [0.1, 0.15) is 0 Å². The zero-order chi connectivity index (χ0) is 11.4. The highest BCUT2D eigenvalue weighted by molar-refractivity contribution is 5.36. The normalized spacial score (nSPS) is 13.1. The van der Waals surface area contributed by atoms with E-state index in [1.807, 2.05) is 0 Å². The lowest BCUT2D eigenvalue weighted by molar-refractivity contribution is -0.129. The Hall–Kier alpha value is -0.530. The lowest BCUT2D eigenvalue weighted by Crippen LogP contribution is -2.33. The van der Waals surface area contributed by atoms with Crippen LogP contribution in [0.2, 0.25) is 0 Å². The Bertz CT molecular complexity index is 158. The monoisotopic (exact) mass is 200 g/mol. The highest BCUT2D eigenvalue weighted by Gasteiger charge is 2.34. The number of hydrogen-bond donors (Lipinski definition) is 0. The second-order valence-corrected chi connectivity index (χ2v) is 6.04. The summed E-state index contributed by atoms with van der Waals surface area (Å²) in [4.78, 5) is 10.1. The number of carbonyl (C=O) groups excluding carboxylic acids is 1. The van der Waals surface area contributed by atoms with E-state index in [0.717, 1.165) is 6.42 Å². The molecule has 2 heteroatoms. The predicted octanol–water partition coefficient (Wildman–Crippen LogP) is 3.26. The molecule has 0 amide bonds. The summed E-state index contributed by atoms with van der Waals surface area (Å²) in [5.41, 5.74) is 0.509. The summed E-state index contributed by atoms with van der Waals surface area (Å²) in [7, 11) is 0. The summed E-state index contributed by atoms with van der Waals surface area (Å²) in [6.07, 6.45) is 0.936. The van der Waals surface area contributed by atoms with Crippen LogP contribution in [0.4, 0.5) is 0 Å². The van der Waals surface area contributed by atoms with E-state index in [9.17, 15) is 4.79 Å². The van der Waals surface area contributed by atoms with E-state index in [4.69, 9.17) is 4.74 Å². The van der Waals surface area contributed by atoms with Gasteiger partial charge in [0.05, 0.1) is 6.61 Å². The fourth-order valence-electron chi connectivity index (χ4n) is 2.40. The van der Waals surface area contributed by atoms with Crippen LogP contribution in [-0.2, 0) is 9.53 Å². The van der Waals surface area contributed by atoms with Gasteiger partial charge < -0.3 is 4.74 Å². The summed E-state index contributed by atoms with van der Waals surface area (Å²) in [6.45, 7) is 14.5. The molecule has 0 atom stereocenters. The summed E-state index contributed by atoms with van der Waals surface area (Å²) in [5, 5.41) is 0. The molecule has 0 unspecified atom stereocenters. The van der Waals surface area contributed by atoms with E-state index >= 15 is 0 Å². The first-order valence-electron chi connectivity index (χ1n) is 5.25. The van der Waals surface area contributed by atoms with Crippen LogP contribution in [0.1, 0.15) is 48.0 Å². The molecule has 0 N–H and O–H groups in total. The zero-order valence-corrected chi connectivity index (χ0v) is 10.4. The van der Waals surface area contributed by atoms with Crippen LogP contribution in [-0.4, -0.2) is 13.1 Å². The first-order valence-corrected chi connectivity index (χ1v) is 5.25. The summed E-state index contributed by atoms with van der Waals surface area (Å²) in [5.74, 6) is 0.551. The fourth-order valence-corrected chi connectivity index (χ4v) is 2.40. The summed E-state index contributed by atoms with van der Waals surface area (Å²) >= 11 is 0. The van der Waals surface area contributed by atoms with Crippen LogP contribution in [0.15, 0.2) is 0 Å². The Kier molecular flexibility index (Phi) is 4.63. The number of carbonyl (C=O) groups is 1. The molecule has 0 aliphatic carbocycles. The topological polar surface area (TPSA) is 26.3 Å². The van der Waals surface area contributed by atoms with Crippen molar-refractivity contribution in [3.63, 3.8) is 0 Å². The lowest BCUT2D eigenvalue weighted by Gasteiger charge is -2.40. The van der Waals surface area contributed by atoms with E-state index < -0.39 is 0 Å². The van der Waals surface area contributed by atoms with Crippen molar-refractivity contribution in [2.45, 2.75) is 48.0 Å². The van der Waals surface area contributed by atoms with Crippen molar-refractivity contribution in [2.24, 2.45) is 16.7 Å². The van der Waals surface area contributed by atoms with Crippen molar-refractivity contribution >= 4 is 6.47 Å². The first-order chi connectivity index (χ1) is 6.19. The molecule has 0 aliphatic rings. The van der Waals surface area contributed by atoms with E-state index in [-0.39, 0.29) is 10.8 Å². The van der Waals surface area contributed by atoms with Crippen LogP contribution in [0.5, 0.6) is 0 Å². The third kappa shape index (κ3) is 4.64. The molecule has 14 heavy (non-hydrogen) atoms. The molecular formula is C12H24O2. The molecule has 84 valence electrons. The van der Waals surface area contributed by atoms with Crippen LogP contribution in [0, 0.1) is 16.7 Å². The molecule has 0 radical (unpaired) electrons. The Morgan fingerprint density at radius 2 is 1.50 bits per heavy atom. The minimum atomic E-state index is 0.254. The van der Waals surface area contributed by atoms with Gasteiger partial charge in [-0.15, -0.1) is 0 Å². The molecule has 0 aromatic carbocycles. The highest BCUT2D eigenvalue weighted by Crippen LogP contribution is 2.41. The van der Waals surface area contributed by atoms with Crippen molar-refractivity contribution in [3.8, 4) is 0 Å². The minimum absolute atomic E-state index is 0.254. The van der Waals surface area contributed by atoms with E-state index in [1.165, 1.54) is 0 Å². The summed E-state index contributed by atoms with van der Waals surface area (Å²) < 4.78 is 4.77. The third-order valence-corrected chi connectivity index (χ3v) is 2.68. The van der Waals surface area contributed by atoms with Crippen molar-refractivity contribution in [1.82, 2.24) is 0 Å². The quantitative estimate of drug-likeness (QED) is 0.514. The largest absolute Gasteiger partial charge is 0.468 e. The maximum absolute atomic E-state index is 10.1. The van der Waals surface area contributed by atoms with Gasteiger partial charge in [-0.1, -0.05) is 41.5 Å². The Labute approximate surface area is 88.0 Å². The van der Waals surface area contributed by atoms with Crippen molar-refractivity contribution in [3.05, 3.63) is 0 Å². The first kappa shape index (κ1) is 13.5. The molecule has 0 bridgehead atoms. The highest BCUT2D eigenvalue weighted by atomic mass is 16.5. The predicted molar refractivity (Wildman–Crippen MR) is 59.0 cm³/mol. The minimum Gasteiger partial charge on any atom is -0.468 e. The molecule has 0 aromatic rings. The Morgan fingerprint density at radius 3 is 1.79 bits per heavy atom. The van der Waals surface area contributed by atoms with Gasteiger partial charge in [-0.3, -0.25) is 4.79 Å². The fraction of sp³-hybridized carbons (Fsp3) is 0.917. The van der Waals surface area contributed by atoms with Gasteiger partial charge in [0.2, 0.25) is 0 Å². The maximum atomic E-state index is 10.1. The number of ether oxygens (including phenoxy) is 1. The molecule has 0 spiro atoms. The van der Waals surface area contributed by atoms with Crippen LogP contribution in [0.25, 0.3) is 0 Å². The molecule has 2 nitrogen and oxygen atoms in total. The van der Waals surface area contributed by atoms with Gasteiger partial charge in [0, 0.05) is 0 Å². The van der Waals surface area contributed by atoms with Gasteiger partial charge in [-0.2, -0.15) is 0 Å². The average molecular weight is 200 g/mol. The Morgan fingerprint density at radius 1 is 1.07 bits per heavy atom. The molecular weight excluding hydrogens is 176 g/mol. The van der Waals surface area contributed by atoms with E-state index in [2.05, 4.69) is 41.5 Å². The van der Waals surface area contributed by atoms with Crippen LogP contribution < -0.4 is 0 Å². The van der Waals surface area contributed by atoms with E-state index in [1.54, 1.807) is 0 Å². The van der Waals surface area contributed by atoms with Crippen molar-refractivity contribution in [1.29, 1.82) is 0 Å². The number of rotatable bonds is 4. The average Bonchev–Trinajstić information content (AvgIpc) is 1.92. The maximum Gasteiger partial charge on any atom is 0.293 e. The van der Waals surface area contributed by atoms with Gasteiger partial charge >= 0.3 is 0 Å². The van der Waals surface area contributed by atoms with Gasteiger partial charge in [0.25, 0.3) is 6.47 Å².